The summed E-state index contributed by atoms with van der Waals surface area (Å²) in [7, 11) is 1.62. The molecule has 2 aromatic heterocycles. The number of piperazine rings is 1. The first-order valence-corrected chi connectivity index (χ1v) is 8.86. The molecule has 0 atom stereocenters. The highest BCUT2D eigenvalue weighted by Gasteiger charge is 2.27. The van der Waals surface area contributed by atoms with Crippen LogP contribution < -0.4 is 9.64 Å². The lowest BCUT2D eigenvalue weighted by Crippen LogP contribution is -2.46. The molecule has 3 rings (SSSR count). The zero-order valence-corrected chi connectivity index (χ0v) is 15.9. The van der Waals surface area contributed by atoms with Crippen LogP contribution in [0.4, 0.5) is 10.2 Å². The molecule has 1 aliphatic heterocycles. The van der Waals surface area contributed by atoms with Gasteiger partial charge in [-0.3, -0.25) is 4.90 Å². The first-order chi connectivity index (χ1) is 12.4. The van der Waals surface area contributed by atoms with Gasteiger partial charge in [0.15, 0.2) is 11.6 Å². The average molecular weight is 359 g/mol. The van der Waals surface area contributed by atoms with E-state index in [-0.39, 0.29) is 11.2 Å². The monoisotopic (exact) mass is 359 g/mol. The SMILES string of the molecule is COc1cccc(CN2CCN(c3ncnc(C(C)(C)C)c3F)CC2)n1. The largest absolute Gasteiger partial charge is 0.481 e. The van der Waals surface area contributed by atoms with Crippen LogP contribution in [0.25, 0.3) is 0 Å². The third-order valence-corrected chi connectivity index (χ3v) is 4.53. The van der Waals surface area contributed by atoms with Gasteiger partial charge in [-0.15, -0.1) is 0 Å². The molecule has 0 aromatic carbocycles. The van der Waals surface area contributed by atoms with Gasteiger partial charge >= 0.3 is 0 Å². The second-order valence-electron chi connectivity index (χ2n) is 7.54. The maximum Gasteiger partial charge on any atom is 0.213 e. The van der Waals surface area contributed by atoms with Crippen molar-refractivity contribution in [2.24, 2.45) is 0 Å². The van der Waals surface area contributed by atoms with Gasteiger partial charge in [-0.1, -0.05) is 26.8 Å². The van der Waals surface area contributed by atoms with Gasteiger partial charge in [0.25, 0.3) is 0 Å². The first kappa shape index (κ1) is 18.5. The molecule has 7 heteroatoms. The van der Waals surface area contributed by atoms with E-state index in [4.69, 9.17) is 4.74 Å². The Hall–Kier alpha value is -2.28. The summed E-state index contributed by atoms with van der Waals surface area (Å²) in [4.78, 5) is 17.1. The Balaban J connectivity index is 1.65. The maximum absolute atomic E-state index is 14.9. The van der Waals surface area contributed by atoms with E-state index in [1.54, 1.807) is 7.11 Å². The van der Waals surface area contributed by atoms with Crippen LogP contribution in [0.3, 0.4) is 0 Å². The lowest BCUT2D eigenvalue weighted by molar-refractivity contribution is 0.244. The van der Waals surface area contributed by atoms with Crippen LogP contribution in [0.1, 0.15) is 32.2 Å². The summed E-state index contributed by atoms with van der Waals surface area (Å²) in [6.45, 7) is 9.73. The Kier molecular flexibility index (Phi) is 5.36. The first-order valence-electron chi connectivity index (χ1n) is 8.86. The smallest absolute Gasteiger partial charge is 0.213 e. The summed E-state index contributed by atoms with van der Waals surface area (Å²) < 4.78 is 20.1. The summed E-state index contributed by atoms with van der Waals surface area (Å²) in [5.41, 5.74) is 1.09. The minimum atomic E-state index is -0.346. The van der Waals surface area contributed by atoms with E-state index in [0.29, 0.717) is 17.4 Å². The Labute approximate surface area is 154 Å². The number of halogens is 1. The topological polar surface area (TPSA) is 54.4 Å². The van der Waals surface area contributed by atoms with Gasteiger partial charge < -0.3 is 9.64 Å². The van der Waals surface area contributed by atoms with Crippen molar-refractivity contribution >= 4 is 5.82 Å². The number of hydrogen-bond donors (Lipinski definition) is 0. The van der Waals surface area contributed by atoms with Gasteiger partial charge in [0.05, 0.1) is 18.5 Å². The Morgan fingerprint density at radius 2 is 1.85 bits per heavy atom. The molecule has 0 saturated carbocycles. The number of rotatable bonds is 4. The van der Waals surface area contributed by atoms with Crippen molar-refractivity contribution in [3.8, 4) is 5.88 Å². The molecule has 6 nitrogen and oxygen atoms in total. The Morgan fingerprint density at radius 3 is 2.50 bits per heavy atom. The lowest BCUT2D eigenvalue weighted by Gasteiger charge is -2.35. The number of aromatic nitrogens is 3. The number of pyridine rings is 1. The van der Waals surface area contributed by atoms with Crippen molar-refractivity contribution in [3.63, 3.8) is 0 Å². The predicted molar refractivity (Wildman–Crippen MR) is 99.0 cm³/mol. The number of hydrogen-bond acceptors (Lipinski definition) is 6. The van der Waals surface area contributed by atoms with Gasteiger partial charge in [0.2, 0.25) is 5.88 Å². The number of methoxy groups -OCH3 is 1. The van der Waals surface area contributed by atoms with Crippen molar-refractivity contribution in [1.82, 2.24) is 19.9 Å². The summed E-state index contributed by atoms with van der Waals surface area (Å²) in [5, 5.41) is 0. The van der Waals surface area contributed by atoms with Crippen LogP contribution in [0.2, 0.25) is 0 Å². The standard InChI is InChI=1S/C19H26FN5O/c1-19(2,3)17-16(20)18(22-13-21-17)25-10-8-24(9-11-25)12-14-6-5-7-15(23-14)26-4/h5-7,13H,8-12H2,1-4H3. The minimum Gasteiger partial charge on any atom is -0.481 e. The summed E-state index contributed by atoms with van der Waals surface area (Å²) in [6.07, 6.45) is 1.46. The molecule has 0 radical (unpaired) electrons. The van der Waals surface area contributed by atoms with E-state index in [9.17, 15) is 4.39 Å². The van der Waals surface area contributed by atoms with Crippen LogP contribution in [0.15, 0.2) is 24.5 Å². The minimum absolute atomic E-state index is 0.303. The molecule has 0 N–H and O–H groups in total. The zero-order valence-electron chi connectivity index (χ0n) is 15.9. The van der Waals surface area contributed by atoms with Crippen LogP contribution in [0.5, 0.6) is 5.88 Å². The fraction of sp³-hybridized carbons (Fsp3) is 0.526. The molecule has 26 heavy (non-hydrogen) atoms. The lowest BCUT2D eigenvalue weighted by atomic mass is 9.91. The second-order valence-corrected chi connectivity index (χ2v) is 7.54. The summed E-state index contributed by atoms with van der Waals surface area (Å²) in [6, 6.07) is 5.78. The zero-order chi connectivity index (χ0) is 18.7. The highest BCUT2D eigenvalue weighted by molar-refractivity contribution is 5.43. The second kappa shape index (κ2) is 7.53. The molecule has 0 bridgehead atoms. The van der Waals surface area contributed by atoms with E-state index in [1.807, 2.05) is 43.9 Å². The van der Waals surface area contributed by atoms with Gasteiger partial charge in [-0.25, -0.2) is 19.3 Å². The number of anilines is 1. The fourth-order valence-corrected chi connectivity index (χ4v) is 3.11. The summed E-state index contributed by atoms with van der Waals surface area (Å²) in [5.74, 6) is 0.728. The van der Waals surface area contributed by atoms with Crippen LogP contribution in [0, 0.1) is 5.82 Å². The molecule has 1 saturated heterocycles. The van der Waals surface area contributed by atoms with E-state index >= 15 is 0 Å². The average Bonchev–Trinajstić information content (AvgIpc) is 2.62. The Bertz CT molecular complexity index is 754. The third kappa shape index (κ3) is 4.09. The molecule has 3 heterocycles. The predicted octanol–water partition coefficient (Wildman–Crippen LogP) is 2.64. The molecular weight excluding hydrogens is 333 g/mol. The number of ether oxygens (including phenoxy) is 1. The van der Waals surface area contributed by atoms with E-state index in [2.05, 4.69) is 19.9 Å². The van der Waals surface area contributed by atoms with E-state index in [1.165, 1.54) is 6.33 Å². The molecule has 140 valence electrons. The van der Waals surface area contributed by atoms with Crippen molar-refractivity contribution < 1.29 is 9.13 Å². The fourth-order valence-electron chi connectivity index (χ4n) is 3.11. The van der Waals surface area contributed by atoms with Gasteiger partial charge in [-0.2, -0.15) is 0 Å². The number of nitrogens with zero attached hydrogens (tertiary/aromatic N) is 5. The van der Waals surface area contributed by atoms with E-state index < -0.39 is 0 Å². The normalized spacial score (nSPS) is 16.0. The molecule has 0 aliphatic carbocycles. The third-order valence-electron chi connectivity index (χ3n) is 4.53. The van der Waals surface area contributed by atoms with Crippen molar-refractivity contribution in [2.75, 3.05) is 38.2 Å². The highest BCUT2D eigenvalue weighted by atomic mass is 19.1. The quantitative estimate of drug-likeness (QED) is 0.837. The van der Waals surface area contributed by atoms with Crippen molar-refractivity contribution in [2.45, 2.75) is 32.7 Å². The van der Waals surface area contributed by atoms with Gasteiger partial charge in [-0.05, 0) is 6.07 Å². The van der Waals surface area contributed by atoms with E-state index in [0.717, 1.165) is 38.4 Å². The van der Waals surface area contributed by atoms with Crippen molar-refractivity contribution in [3.05, 3.63) is 41.7 Å². The molecule has 0 unspecified atom stereocenters. The van der Waals surface area contributed by atoms with Crippen LogP contribution >= 0.6 is 0 Å². The summed E-state index contributed by atoms with van der Waals surface area (Å²) >= 11 is 0. The molecule has 0 amide bonds. The Morgan fingerprint density at radius 1 is 1.12 bits per heavy atom. The molecule has 1 fully saturated rings. The molecule has 0 spiro atoms. The van der Waals surface area contributed by atoms with Crippen LogP contribution in [-0.4, -0.2) is 53.1 Å². The van der Waals surface area contributed by atoms with Crippen molar-refractivity contribution in [1.29, 1.82) is 0 Å². The van der Waals surface area contributed by atoms with Gasteiger partial charge in [0, 0.05) is 44.2 Å². The van der Waals surface area contributed by atoms with Gasteiger partial charge in [0.1, 0.15) is 6.33 Å². The molecule has 2 aromatic rings. The molecular formula is C19H26FN5O. The highest BCUT2D eigenvalue weighted by Crippen LogP contribution is 2.28. The molecule has 1 aliphatic rings. The van der Waals surface area contributed by atoms with Crippen LogP contribution in [-0.2, 0) is 12.0 Å². The maximum atomic E-state index is 14.9.